The second-order valence-corrected chi connectivity index (χ2v) is 4.22. The summed E-state index contributed by atoms with van der Waals surface area (Å²) in [5.74, 6) is -0.855. The van der Waals surface area contributed by atoms with Crippen molar-refractivity contribution in [2.24, 2.45) is 0 Å². The number of hydrogen-bond donors (Lipinski definition) is 3. The van der Waals surface area contributed by atoms with Crippen molar-refractivity contribution in [2.75, 3.05) is 12.3 Å². The number of aromatic nitrogens is 3. The highest BCUT2D eigenvalue weighted by Gasteiger charge is 2.47. The third-order valence-corrected chi connectivity index (χ3v) is 2.81. The second-order valence-electron chi connectivity index (χ2n) is 4.22. The van der Waals surface area contributed by atoms with Crippen molar-refractivity contribution in [3.05, 3.63) is 16.8 Å². The molecule has 1 fully saturated rings. The lowest BCUT2D eigenvalue weighted by atomic mass is 10.1. The maximum Gasteiger partial charge on any atom is 0.354 e. The molecule has 0 amide bonds. The maximum atomic E-state index is 11.7. The van der Waals surface area contributed by atoms with E-state index < -0.39 is 42.8 Å². The molecule has 0 aliphatic carbocycles. The fraction of sp³-hybridized carbons (Fsp3) is 0.600. The van der Waals surface area contributed by atoms with E-state index in [1.807, 2.05) is 0 Å². The van der Waals surface area contributed by atoms with Gasteiger partial charge in [0.2, 0.25) is 5.95 Å². The van der Waals surface area contributed by atoms with Gasteiger partial charge in [0.05, 0.1) is 6.61 Å². The number of nitrogens with zero attached hydrogens (tertiary/aromatic N) is 3. The van der Waals surface area contributed by atoms with Crippen molar-refractivity contribution in [1.82, 2.24) is 14.5 Å². The predicted molar refractivity (Wildman–Crippen MR) is 63.3 cm³/mol. The molecule has 1 aromatic heterocycles. The van der Waals surface area contributed by atoms with E-state index in [-0.39, 0.29) is 5.95 Å². The average Bonchev–Trinajstić information content (AvgIpc) is 2.67. The minimum atomic E-state index is -1.35. The number of anilines is 1. The van der Waals surface area contributed by atoms with E-state index in [2.05, 4.69) is 9.97 Å². The average molecular weight is 286 g/mol. The Balaban J connectivity index is 2.29. The summed E-state index contributed by atoms with van der Waals surface area (Å²) >= 11 is 0. The van der Waals surface area contributed by atoms with E-state index in [1.54, 1.807) is 0 Å². The highest BCUT2D eigenvalue weighted by Crippen LogP contribution is 2.30. The second kappa shape index (κ2) is 5.53. The molecule has 10 heteroatoms. The van der Waals surface area contributed by atoms with E-state index in [4.69, 9.17) is 15.2 Å². The Hall–Kier alpha value is -2.04. The van der Waals surface area contributed by atoms with E-state index in [0.717, 1.165) is 17.8 Å². The van der Waals surface area contributed by atoms with Crippen molar-refractivity contribution in [2.45, 2.75) is 31.5 Å². The molecule has 110 valence electrons. The topological polar surface area (TPSA) is 150 Å². The van der Waals surface area contributed by atoms with Gasteiger partial charge in [-0.1, -0.05) is 0 Å². The van der Waals surface area contributed by atoms with Crippen LogP contribution in [0, 0.1) is 0 Å². The smallest absolute Gasteiger partial charge is 0.354 e. The summed E-state index contributed by atoms with van der Waals surface area (Å²) in [5, 5.41) is 19.3. The Labute approximate surface area is 112 Å². The Morgan fingerprint density at radius 2 is 2.35 bits per heavy atom. The lowest BCUT2D eigenvalue weighted by molar-refractivity contribution is -0.153. The number of carbonyl (C=O) groups is 1. The molecule has 1 saturated heterocycles. The van der Waals surface area contributed by atoms with Gasteiger partial charge in [0.15, 0.2) is 12.3 Å². The summed E-state index contributed by atoms with van der Waals surface area (Å²) in [6, 6.07) is 0. The zero-order chi connectivity index (χ0) is 14.9. The molecular formula is C10H14N4O6. The molecule has 0 unspecified atom stereocenters. The van der Waals surface area contributed by atoms with Gasteiger partial charge in [0, 0.05) is 6.92 Å². The number of esters is 1. The Morgan fingerprint density at radius 3 is 2.90 bits per heavy atom. The maximum absolute atomic E-state index is 11.7. The summed E-state index contributed by atoms with van der Waals surface area (Å²) < 4.78 is 11.1. The van der Waals surface area contributed by atoms with Gasteiger partial charge in [0.1, 0.15) is 18.5 Å². The molecule has 0 radical (unpaired) electrons. The van der Waals surface area contributed by atoms with Crippen LogP contribution in [0.5, 0.6) is 0 Å². The first-order valence-electron chi connectivity index (χ1n) is 5.76. The van der Waals surface area contributed by atoms with E-state index >= 15 is 0 Å². The molecule has 4 N–H and O–H groups in total. The number of nitrogen functional groups attached to an aromatic ring is 1. The van der Waals surface area contributed by atoms with Gasteiger partial charge in [-0.25, -0.2) is 9.78 Å². The molecule has 0 aromatic carbocycles. The number of aliphatic hydroxyl groups excluding tert-OH is 2. The Kier molecular flexibility index (Phi) is 3.97. The van der Waals surface area contributed by atoms with Gasteiger partial charge in [-0.3, -0.25) is 9.36 Å². The van der Waals surface area contributed by atoms with Crippen LogP contribution >= 0.6 is 0 Å². The molecular weight excluding hydrogens is 272 g/mol. The number of aliphatic hydroxyl groups is 2. The zero-order valence-electron chi connectivity index (χ0n) is 10.5. The SMILES string of the molecule is CC(=O)O[C@@H]1[C@H](O)[C@H](n2cnc(N)nc2=O)O[C@@H]1CO. The third kappa shape index (κ3) is 2.61. The first kappa shape index (κ1) is 14.4. The highest BCUT2D eigenvalue weighted by molar-refractivity contribution is 5.66. The van der Waals surface area contributed by atoms with Crippen molar-refractivity contribution in [1.29, 1.82) is 0 Å². The van der Waals surface area contributed by atoms with Gasteiger partial charge >= 0.3 is 11.7 Å². The molecule has 0 bridgehead atoms. The molecule has 0 spiro atoms. The van der Waals surface area contributed by atoms with Crippen LogP contribution in [0.25, 0.3) is 0 Å². The number of nitrogens with two attached hydrogens (primary N) is 1. The summed E-state index contributed by atoms with van der Waals surface area (Å²) in [6.07, 6.45) is -3.51. The highest BCUT2D eigenvalue weighted by atomic mass is 16.6. The van der Waals surface area contributed by atoms with Crippen molar-refractivity contribution < 1.29 is 24.5 Å². The molecule has 20 heavy (non-hydrogen) atoms. The molecule has 4 atom stereocenters. The molecule has 1 aliphatic heterocycles. The van der Waals surface area contributed by atoms with Crippen LogP contribution in [0.3, 0.4) is 0 Å². The largest absolute Gasteiger partial charge is 0.457 e. The minimum absolute atomic E-state index is 0.214. The van der Waals surface area contributed by atoms with Crippen LogP contribution in [0.2, 0.25) is 0 Å². The number of carbonyl (C=O) groups excluding carboxylic acids is 1. The summed E-state index contributed by atoms with van der Waals surface area (Å²) in [7, 11) is 0. The van der Waals surface area contributed by atoms with Crippen molar-refractivity contribution in [3.8, 4) is 0 Å². The monoisotopic (exact) mass is 286 g/mol. The Morgan fingerprint density at radius 1 is 1.65 bits per heavy atom. The predicted octanol–water partition coefficient (Wildman–Crippen LogP) is -2.60. The van der Waals surface area contributed by atoms with Crippen LogP contribution in [0.15, 0.2) is 11.1 Å². The van der Waals surface area contributed by atoms with Crippen LogP contribution < -0.4 is 11.4 Å². The van der Waals surface area contributed by atoms with Crippen molar-refractivity contribution >= 4 is 11.9 Å². The van der Waals surface area contributed by atoms with Crippen LogP contribution in [-0.2, 0) is 14.3 Å². The van der Waals surface area contributed by atoms with Crippen LogP contribution in [-0.4, -0.2) is 55.6 Å². The number of hydrogen-bond acceptors (Lipinski definition) is 9. The third-order valence-electron chi connectivity index (χ3n) is 2.81. The lowest BCUT2D eigenvalue weighted by Crippen LogP contribution is -2.39. The number of rotatable bonds is 3. The first-order valence-corrected chi connectivity index (χ1v) is 5.76. The number of ether oxygens (including phenoxy) is 2. The fourth-order valence-electron chi connectivity index (χ4n) is 1.96. The van der Waals surface area contributed by atoms with Crippen molar-refractivity contribution in [3.63, 3.8) is 0 Å². The molecule has 10 nitrogen and oxygen atoms in total. The van der Waals surface area contributed by atoms with Gasteiger partial charge in [-0.05, 0) is 0 Å². The molecule has 1 aliphatic rings. The Bertz CT molecular complexity index is 561. The summed E-state index contributed by atoms with van der Waals surface area (Å²) in [6.45, 7) is 0.670. The molecule has 2 rings (SSSR count). The zero-order valence-corrected chi connectivity index (χ0v) is 10.5. The molecule has 1 aromatic rings. The van der Waals surface area contributed by atoms with E-state index in [0.29, 0.717) is 0 Å². The van der Waals surface area contributed by atoms with E-state index in [9.17, 15) is 19.8 Å². The summed E-state index contributed by atoms with van der Waals surface area (Å²) in [5.41, 5.74) is 4.48. The van der Waals surface area contributed by atoms with Gasteiger partial charge < -0.3 is 25.4 Å². The molecule has 2 heterocycles. The van der Waals surface area contributed by atoms with Gasteiger partial charge in [-0.2, -0.15) is 4.98 Å². The minimum Gasteiger partial charge on any atom is -0.457 e. The lowest BCUT2D eigenvalue weighted by Gasteiger charge is -2.18. The standard InChI is InChI=1S/C10H14N4O6/c1-4(16)19-7-5(2-15)20-8(6(7)17)14-3-12-9(11)13-10(14)18/h3,5-8,15,17H,2H2,1H3,(H2,11,13,18)/t5-,6+,7+,8-/m1/s1. The van der Waals surface area contributed by atoms with Gasteiger partial charge in [0.25, 0.3) is 0 Å². The van der Waals surface area contributed by atoms with E-state index in [1.165, 1.54) is 0 Å². The van der Waals surface area contributed by atoms with Crippen LogP contribution in [0.4, 0.5) is 5.95 Å². The molecule has 0 saturated carbocycles. The fourth-order valence-corrected chi connectivity index (χ4v) is 1.96. The van der Waals surface area contributed by atoms with Crippen LogP contribution in [0.1, 0.15) is 13.2 Å². The normalized spacial score (nSPS) is 29.4. The summed E-state index contributed by atoms with van der Waals surface area (Å²) in [4.78, 5) is 29.7. The quantitative estimate of drug-likeness (QED) is 0.508. The van der Waals surface area contributed by atoms with Gasteiger partial charge in [-0.15, -0.1) is 0 Å². The first-order chi connectivity index (χ1) is 9.43.